The fourth-order valence-corrected chi connectivity index (χ4v) is 2.71. The fraction of sp³-hybridized carbons (Fsp3) is 0.118. The van der Waals surface area contributed by atoms with E-state index in [0.29, 0.717) is 0 Å². The largest absolute Gasteiger partial charge is 0.320 e. The van der Waals surface area contributed by atoms with E-state index in [-0.39, 0.29) is 6.04 Å². The van der Waals surface area contributed by atoms with Crippen LogP contribution in [0.3, 0.4) is 0 Å². The van der Waals surface area contributed by atoms with Crippen LogP contribution in [0.5, 0.6) is 0 Å². The van der Waals surface area contributed by atoms with E-state index in [0.717, 1.165) is 32.6 Å². The van der Waals surface area contributed by atoms with Gasteiger partial charge in [-0.05, 0) is 47.9 Å². The molecular weight excluding hydrogens is 268 g/mol. The Kier molecular flexibility index (Phi) is 3.43. The highest BCUT2D eigenvalue weighted by Crippen LogP contribution is 2.25. The molecule has 1 aromatic heterocycles. The summed E-state index contributed by atoms with van der Waals surface area (Å²) in [6.07, 6.45) is 1.79. The third-order valence-corrected chi connectivity index (χ3v) is 3.63. The van der Waals surface area contributed by atoms with Crippen LogP contribution in [0, 0.1) is 6.92 Å². The van der Waals surface area contributed by atoms with Gasteiger partial charge < -0.3 is 5.73 Å². The maximum absolute atomic E-state index is 6.36. The van der Waals surface area contributed by atoms with E-state index in [9.17, 15) is 0 Å². The Labute approximate surface area is 123 Å². The van der Waals surface area contributed by atoms with E-state index in [4.69, 9.17) is 17.3 Å². The lowest BCUT2D eigenvalue weighted by molar-refractivity contribution is 0.871. The van der Waals surface area contributed by atoms with Crippen molar-refractivity contribution in [1.82, 2.24) is 4.98 Å². The van der Waals surface area contributed by atoms with Crippen LogP contribution in [0.2, 0.25) is 5.02 Å². The number of hydrogen-bond acceptors (Lipinski definition) is 2. The molecule has 0 saturated heterocycles. The van der Waals surface area contributed by atoms with Crippen molar-refractivity contribution in [3.8, 4) is 0 Å². The van der Waals surface area contributed by atoms with Gasteiger partial charge in [-0.1, -0.05) is 35.9 Å². The topological polar surface area (TPSA) is 38.9 Å². The number of pyridine rings is 1. The van der Waals surface area contributed by atoms with Crippen molar-refractivity contribution >= 4 is 22.5 Å². The molecule has 0 aliphatic carbocycles. The van der Waals surface area contributed by atoms with Crippen LogP contribution < -0.4 is 5.73 Å². The molecule has 0 aliphatic heterocycles. The predicted octanol–water partition coefficient (Wildman–Crippen LogP) is 4.24. The number of aromatic nitrogens is 1. The van der Waals surface area contributed by atoms with Gasteiger partial charge in [0.25, 0.3) is 0 Å². The number of nitrogens with zero attached hydrogens (tertiary/aromatic N) is 1. The monoisotopic (exact) mass is 282 g/mol. The molecule has 1 unspecified atom stereocenters. The zero-order chi connectivity index (χ0) is 14.1. The molecule has 3 rings (SSSR count). The first-order chi connectivity index (χ1) is 9.63. The molecule has 0 saturated carbocycles. The highest BCUT2D eigenvalue weighted by atomic mass is 35.5. The summed E-state index contributed by atoms with van der Waals surface area (Å²) in [4.78, 5) is 4.37. The number of nitrogens with two attached hydrogens (primary N) is 1. The van der Waals surface area contributed by atoms with Crippen molar-refractivity contribution in [3.05, 3.63) is 76.4 Å². The molecule has 1 atom stereocenters. The molecule has 2 nitrogen and oxygen atoms in total. The van der Waals surface area contributed by atoms with Crippen LogP contribution in [-0.4, -0.2) is 4.98 Å². The van der Waals surface area contributed by atoms with Crippen LogP contribution in [0.15, 0.2) is 54.7 Å². The number of rotatable bonds is 2. The van der Waals surface area contributed by atoms with Crippen LogP contribution in [0.1, 0.15) is 22.7 Å². The van der Waals surface area contributed by atoms with Gasteiger partial charge in [-0.15, -0.1) is 0 Å². The molecular formula is C17H15ClN2. The van der Waals surface area contributed by atoms with Gasteiger partial charge in [0.1, 0.15) is 0 Å². The Balaban J connectivity index is 2.05. The fourth-order valence-electron chi connectivity index (χ4n) is 2.41. The van der Waals surface area contributed by atoms with E-state index in [1.807, 2.05) is 43.3 Å². The van der Waals surface area contributed by atoms with Gasteiger partial charge in [0.2, 0.25) is 0 Å². The summed E-state index contributed by atoms with van der Waals surface area (Å²) in [5.74, 6) is 0. The molecule has 0 fully saturated rings. The predicted molar refractivity (Wildman–Crippen MR) is 84.0 cm³/mol. The zero-order valence-electron chi connectivity index (χ0n) is 11.2. The van der Waals surface area contributed by atoms with Gasteiger partial charge in [-0.3, -0.25) is 4.98 Å². The van der Waals surface area contributed by atoms with E-state index >= 15 is 0 Å². The van der Waals surface area contributed by atoms with Gasteiger partial charge >= 0.3 is 0 Å². The highest BCUT2D eigenvalue weighted by molar-refractivity contribution is 6.30. The molecule has 2 aromatic carbocycles. The molecule has 3 heteroatoms. The summed E-state index contributed by atoms with van der Waals surface area (Å²) in [6.45, 7) is 2.02. The van der Waals surface area contributed by atoms with Crippen molar-refractivity contribution in [2.24, 2.45) is 5.73 Å². The average molecular weight is 283 g/mol. The van der Waals surface area contributed by atoms with Gasteiger partial charge in [0, 0.05) is 16.6 Å². The number of aryl methyl sites for hydroxylation is 1. The molecule has 2 N–H and O–H groups in total. The second kappa shape index (κ2) is 5.23. The first-order valence-electron chi connectivity index (χ1n) is 6.51. The van der Waals surface area contributed by atoms with Crippen LogP contribution >= 0.6 is 11.6 Å². The molecule has 100 valence electrons. The Bertz CT molecular complexity index is 748. The molecule has 1 heterocycles. The molecule has 0 amide bonds. The van der Waals surface area contributed by atoms with Gasteiger partial charge in [-0.2, -0.15) is 0 Å². The SMILES string of the molecule is Cc1cc(Cl)cc(C(N)c2ccc3cccnc3c2)c1. The smallest absolute Gasteiger partial charge is 0.0705 e. The first-order valence-corrected chi connectivity index (χ1v) is 6.88. The van der Waals surface area contributed by atoms with Crippen molar-refractivity contribution in [1.29, 1.82) is 0 Å². The third-order valence-electron chi connectivity index (χ3n) is 3.41. The van der Waals surface area contributed by atoms with Gasteiger partial charge in [0.15, 0.2) is 0 Å². The summed E-state index contributed by atoms with van der Waals surface area (Å²) < 4.78 is 0. The number of hydrogen-bond donors (Lipinski definition) is 1. The van der Waals surface area contributed by atoms with E-state index in [1.165, 1.54) is 0 Å². The minimum atomic E-state index is -0.196. The lowest BCUT2D eigenvalue weighted by Gasteiger charge is -2.14. The van der Waals surface area contributed by atoms with Gasteiger partial charge in [0.05, 0.1) is 11.6 Å². The molecule has 3 aromatic rings. The van der Waals surface area contributed by atoms with Crippen molar-refractivity contribution in [3.63, 3.8) is 0 Å². The number of benzene rings is 2. The standard InChI is InChI=1S/C17H15ClN2/c1-11-7-14(9-15(18)8-11)17(19)13-5-4-12-3-2-6-20-16(12)10-13/h2-10,17H,19H2,1H3. The quantitative estimate of drug-likeness (QED) is 0.763. The third kappa shape index (κ3) is 2.53. The minimum Gasteiger partial charge on any atom is -0.320 e. The second-order valence-electron chi connectivity index (χ2n) is 5.00. The van der Waals surface area contributed by atoms with E-state index in [1.54, 1.807) is 6.20 Å². The number of halogens is 1. The maximum Gasteiger partial charge on any atom is 0.0705 e. The van der Waals surface area contributed by atoms with Crippen molar-refractivity contribution < 1.29 is 0 Å². The normalized spacial score (nSPS) is 12.6. The zero-order valence-corrected chi connectivity index (χ0v) is 11.9. The Morgan fingerprint density at radius 2 is 1.90 bits per heavy atom. The molecule has 0 bridgehead atoms. The summed E-state index contributed by atoms with van der Waals surface area (Å²) >= 11 is 6.11. The molecule has 0 aliphatic rings. The number of fused-ring (bicyclic) bond motifs is 1. The Hall–Kier alpha value is -1.90. The lowest BCUT2D eigenvalue weighted by atomic mass is 9.97. The van der Waals surface area contributed by atoms with Crippen molar-refractivity contribution in [2.75, 3.05) is 0 Å². The van der Waals surface area contributed by atoms with E-state index in [2.05, 4.69) is 17.1 Å². The minimum absolute atomic E-state index is 0.196. The van der Waals surface area contributed by atoms with E-state index < -0.39 is 0 Å². The second-order valence-corrected chi connectivity index (χ2v) is 5.43. The summed E-state index contributed by atoms with van der Waals surface area (Å²) in [5, 5.41) is 1.83. The van der Waals surface area contributed by atoms with Crippen LogP contribution in [-0.2, 0) is 0 Å². The summed E-state index contributed by atoms with van der Waals surface area (Å²) in [5.41, 5.74) is 10.5. The first kappa shape index (κ1) is 13.1. The maximum atomic E-state index is 6.36. The summed E-state index contributed by atoms with van der Waals surface area (Å²) in [6, 6.07) is 15.8. The van der Waals surface area contributed by atoms with Crippen LogP contribution in [0.25, 0.3) is 10.9 Å². The Morgan fingerprint density at radius 1 is 1.05 bits per heavy atom. The average Bonchev–Trinajstić information content (AvgIpc) is 2.45. The molecule has 0 spiro atoms. The van der Waals surface area contributed by atoms with Gasteiger partial charge in [-0.25, -0.2) is 0 Å². The Morgan fingerprint density at radius 3 is 2.70 bits per heavy atom. The summed E-state index contributed by atoms with van der Waals surface area (Å²) in [7, 11) is 0. The molecule has 20 heavy (non-hydrogen) atoms. The van der Waals surface area contributed by atoms with Crippen molar-refractivity contribution in [2.45, 2.75) is 13.0 Å². The highest BCUT2D eigenvalue weighted by Gasteiger charge is 2.11. The van der Waals surface area contributed by atoms with Crippen LogP contribution in [0.4, 0.5) is 0 Å². The molecule has 0 radical (unpaired) electrons. The lowest BCUT2D eigenvalue weighted by Crippen LogP contribution is -2.12.